The summed E-state index contributed by atoms with van der Waals surface area (Å²) < 4.78 is 21.6. The van der Waals surface area contributed by atoms with Crippen LogP contribution in [0.3, 0.4) is 0 Å². The summed E-state index contributed by atoms with van der Waals surface area (Å²) in [6, 6.07) is 9.23. The number of nitriles is 1. The van der Waals surface area contributed by atoms with Crippen LogP contribution in [0.5, 0.6) is 6.01 Å². The van der Waals surface area contributed by atoms with Crippen LogP contribution < -0.4 is 15.0 Å². The van der Waals surface area contributed by atoms with E-state index in [4.69, 9.17) is 16.3 Å². The van der Waals surface area contributed by atoms with Gasteiger partial charge in [-0.05, 0) is 68.7 Å². The van der Waals surface area contributed by atoms with Gasteiger partial charge in [0.25, 0.3) is 0 Å². The third-order valence-electron chi connectivity index (χ3n) is 9.57. The first kappa shape index (κ1) is 28.3. The Balaban J connectivity index is 0.000000283. The molecule has 11 heteroatoms. The molecule has 4 unspecified atom stereocenters. The van der Waals surface area contributed by atoms with Gasteiger partial charge in [0.2, 0.25) is 0 Å². The Morgan fingerprint density at radius 3 is 2.65 bits per heavy atom. The van der Waals surface area contributed by atoms with Gasteiger partial charge in [-0.25, -0.2) is 4.39 Å². The molecule has 43 heavy (non-hydrogen) atoms. The summed E-state index contributed by atoms with van der Waals surface area (Å²) in [6.45, 7) is 8.57. The van der Waals surface area contributed by atoms with Gasteiger partial charge in [0.1, 0.15) is 17.4 Å². The maximum Gasteiger partial charge on any atom is 0.318 e. The summed E-state index contributed by atoms with van der Waals surface area (Å²) in [5.74, 6) is 1.01. The summed E-state index contributed by atoms with van der Waals surface area (Å²) in [5, 5.41) is 21.4. The molecule has 0 spiro atoms. The maximum atomic E-state index is 16.2. The van der Waals surface area contributed by atoms with Crippen LogP contribution in [-0.2, 0) is 0 Å². The van der Waals surface area contributed by atoms with E-state index in [0.717, 1.165) is 43.5 Å². The molecule has 4 aromatic rings. The number of ether oxygens (including phenoxy) is 1. The van der Waals surface area contributed by atoms with E-state index in [-0.39, 0.29) is 27.8 Å². The highest BCUT2D eigenvalue weighted by molar-refractivity contribution is 6.35. The zero-order valence-corrected chi connectivity index (χ0v) is 25.5. The topological polar surface area (TPSA) is 106 Å². The number of fused-ring (bicyclic) bond motifs is 5. The van der Waals surface area contributed by atoms with Crippen molar-refractivity contribution in [1.29, 1.82) is 5.26 Å². The summed E-state index contributed by atoms with van der Waals surface area (Å²) in [5.41, 5.74) is 2.52. The number of rotatable bonds is 3. The monoisotopic (exact) mass is 602 g/mol. The molecular weight excluding hydrogens is 567 g/mol. The molecule has 0 amide bonds. The van der Waals surface area contributed by atoms with E-state index in [0.29, 0.717) is 39.8 Å². The number of aryl methyl sites for hydroxylation is 1. The van der Waals surface area contributed by atoms with E-state index in [9.17, 15) is 5.26 Å². The van der Waals surface area contributed by atoms with Gasteiger partial charge in [-0.3, -0.25) is 5.10 Å². The van der Waals surface area contributed by atoms with Crippen molar-refractivity contribution in [3.8, 4) is 23.2 Å². The summed E-state index contributed by atoms with van der Waals surface area (Å²) in [7, 11) is 1.47. The number of aromatic nitrogens is 4. The largest absolute Gasteiger partial charge is 0.467 e. The Bertz CT molecular complexity index is 1730. The highest BCUT2D eigenvalue weighted by Crippen LogP contribution is 2.42. The SMILES string of the molecule is CC1CC2CCCN2C1.COc1nc(N2CC3CCC(C2)N3)c2cc(Cl)c(-c3ccc(C)c4[nH]nc(C#N)c34)c(F)c2n1. The van der Waals surface area contributed by atoms with E-state index < -0.39 is 5.82 Å². The fourth-order valence-electron chi connectivity index (χ4n) is 7.60. The van der Waals surface area contributed by atoms with Gasteiger partial charge >= 0.3 is 6.01 Å². The molecule has 0 saturated carbocycles. The highest BCUT2D eigenvalue weighted by Gasteiger charge is 2.35. The van der Waals surface area contributed by atoms with E-state index in [1.54, 1.807) is 12.1 Å². The summed E-state index contributed by atoms with van der Waals surface area (Å²) in [6.07, 6.45) is 6.62. The Morgan fingerprint density at radius 2 is 1.93 bits per heavy atom. The van der Waals surface area contributed by atoms with Crippen LogP contribution in [0.15, 0.2) is 18.2 Å². The molecule has 2 N–H and O–H groups in total. The Labute approximate surface area is 255 Å². The first-order valence-electron chi connectivity index (χ1n) is 15.2. The molecule has 2 aromatic carbocycles. The second-order valence-electron chi connectivity index (χ2n) is 12.5. The third-order valence-corrected chi connectivity index (χ3v) is 9.86. The van der Waals surface area contributed by atoms with Crippen LogP contribution in [0.2, 0.25) is 5.02 Å². The van der Waals surface area contributed by atoms with E-state index in [1.807, 2.05) is 13.0 Å². The predicted octanol–water partition coefficient (Wildman–Crippen LogP) is 5.59. The second-order valence-corrected chi connectivity index (χ2v) is 12.9. The number of anilines is 1. The number of hydrogen-bond donors (Lipinski definition) is 2. The molecule has 2 bridgehead atoms. The van der Waals surface area contributed by atoms with Crippen LogP contribution in [0.25, 0.3) is 32.9 Å². The second kappa shape index (κ2) is 11.2. The van der Waals surface area contributed by atoms with Gasteiger partial charge in [-0.1, -0.05) is 30.7 Å². The van der Waals surface area contributed by atoms with Crippen molar-refractivity contribution in [2.45, 2.75) is 64.1 Å². The molecule has 4 atom stereocenters. The highest BCUT2D eigenvalue weighted by atomic mass is 35.5. The molecule has 4 saturated heterocycles. The van der Waals surface area contributed by atoms with Crippen LogP contribution >= 0.6 is 11.6 Å². The number of methoxy groups -OCH3 is 1. The Kier molecular flexibility index (Phi) is 7.36. The molecule has 4 aliphatic rings. The number of nitrogens with zero attached hydrogens (tertiary/aromatic N) is 6. The Morgan fingerprint density at radius 1 is 1.14 bits per heavy atom. The number of nitrogens with one attached hydrogen (secondary N) is 2. The molecule has 2 aromatic heterocycles. The first-order chi connectivity index (χ1) is 20.8. The number of halogens is 2. The molecule has 4 aliphatic heterocycles. The minimum atomic E-state index is -0.585. The third kappa shape index (κ3) is 4.97. The molecule has 6 heterocycles. The smallest absolute Gasteiger partial charge is 0.318 e. The maximum absolute atomic E-state index is 16.2. The van der Waals surface area contributed by atoms with Crippen LogP contribution in [0, 0.1) is 30.0 Å². The molecule has 224 valence electrons. The van der Waals surface area contributed by atoms with Crippen molar-refractivity contribution in [3.63, 3.8) is 0 Å². The van der Waals surface area contributed by atoms with Crippen molar-refractivity contribution >= 4 is 39.2 Å². The summed E-state index contributed by atoms with van der Waals surface area (Å²) >= 11 is 6.73. The van der Waals surface area contributed by atoms with E-state index in [2.05, 4.69) is 48.3 Å². The quantitative estimate of drug-likeness (QED) is 0.313. The normalized spacial score (nSPS) is 24.7. The van der Waals surface area contributed by atoms with Crippen LogP contribution in [0.4, 0.5) is 10.2 Å². The summed E-state index contributed by atoms with van der Waals surface area (Å²) in [4.78, 5) is 13.8. The van der Waals surface area contributed by atoms with Crippen molar-refractivity contribution in [1.82, 2.24) is 30.4 Å². The van der Waals surface area contributed by atoms with Gasteiger partial charge in [-0.2, -0.15) is 20.3 Å². The van der Waals surface area contributed by atoms with Gasteiger partial charge in [0.05, 0.1) is 17.6 Å². The van der Waals surface area contributed by atoms with Gasteiger partial charge in [0.15, 0.2) is 11.5 Å². The zero-order chi connectivity index (χ0) is 29.8. The lowest BCUT2D eigenvalue weighted by Crippen LogP contribution is -2.51. The number of H-pyrrole nitrogens is 1. The van der Waals surface area contributed by atoms with Crippen molar-refractivity contribution in [2.24, 2.45) is 5.92 Å². The lowest BCUT2D eigenvalue weighted by Gasteiger charge is -2.34. The van der Waals surface area contributed by atoms with E-state index in [1.165, 1.54) is 39.5 Å². The fourth-order valence-corrected chi connectivity index (χ4v) is 7.90. The zero-order valence-electron chi connectivity index (χ0n) is 24.8. The van der Waals surface area contributed by atoms with Gasteiger partial charge in [-0.15, -0.1) is 0 Å². The average Bonchev–Trinajstić information content (AvgIpc) is 3.78. The van der Waals surface area contributed by atoms with Gasteiger partial charge in [0, 0.05) is 54.1 Å². The molecular formula is C32H36ClFN8O. The lowest BCUT2D eigenvalue weighted by molar-refractivity contribution is 0.319. The Hall–Kier alpha value is -3.52. The molecule has 0 aliphatic carbocycles. The standard InChI is InChI=1S/C24H21ClFN7O.C8H15N/c1-11-3-6-14(19-17(8-27)31-32-21(11)19)18-16(25)7-15-22(20(18)26)29-24(34-2)30-23(15)33-9-12-4-5-13(10-33)28-12;1-7-5-8-3-2-4-9(8)6-7/h3,6-7,12-13,28H,4-5,9-10H2,1-2H3,(H,31,32);7-8H,2-6H2,1H3. The molecule has 4 fully saturated rings. The average molecular weight is 603 g/mol. The molecule has 9 nitrogen and oxygen atoms in total. The molecule has 0 radical (unpaired) electrons. The number of hydrogen-bond acceptors (Lipinski definition) is 8. The fraction of sp³-hybridized carbons (Fsp3) is 0.500. The predicted molar refractivity (Wildman–Crippen MR) is 166 cm³/mol. The minimum absolute atomic E-state index is 0.0932. The van der Waals surface area contributed by atoms with Crippen LogP contribution in [-0.4, -0.2) is 76.5 Å². The van der Waals surface area contributed by atoms with Crippen molar-refractivity contribution in [2.75, 3.05) is 38.2 Å². The van der Waals surface area contributed by atoms with Crippen molar-refractivity contribution in [3.05, 3.63) is 40.3 Å². The number of benzene rings is 2. The van der Waals surface area contributed by atoms with Crippen LogP contribution in [0.1, 0.15) is 50.3 Å². The number of piperazine rings is 1. The van der Waals surface area contributed by atoms with E-state index >= 15 is 4.39 Å². The molecule has 8 rings (SSSR count). The van der Waals surface area contributed by atoms with Crippen molar-refractivity contribution < 1.29 is 9.13 Å². The first-order valence-corrected chi connectivity index (χ1v) is 15.6. The number of aromatic amines is 1. The lowest BCUT2D eigenvalue weighted by atomic mass is 9.96. The van der Waals surface area contributed by atoms with Gasteiger partial charge < -0.3 is 19.9 Å². The minimum Gasteiger partial charge on any atom is -0.467 e.